The summed E-state index contributed by atoms with van der Waals surface area (Å²) in [6.07, 6.45) is 5.87. The van der Waals surface area contributed by atoms with Crippen LogP contribution in [0.4, 0.5) is 16.2 Å². The number of pyridine rings is 2. The van der Waals surface area contributed by atoms with Crippen molar-refractivity contribution in [2.45, 2.75) is 0 Å². The van der Waals surface area contributed by atoms with Crippen LogP contribution < -0.4 is 10.2 Å². The van der Waals surface area contributed by atoms with Crippen molar-refractivity contribution < 1.29 is 19.5 Å². The number of hydrogen-bond acceptors (Lipinski definition) is 7. The number of carbonyl (C=O) groups is 3. The summed E-state index contributed by atoms with van der Waals surface area (Å²) < 4.78 is 0.748. The zero-order chi connectivity index (χ0) is 22.7. The van der Waals surface area contributed by atoms with Crippen LogP contribution in [0, 0.1) is 0 Å². The van der Waals surface area contributed by atoms with E-state index in [4.69, 9.17) is 0 Å². The zero-order valence-electron chi connectivity index (χ0n) is 16.9. The van der Waals surface area contributed by atoms with E-state index in [1.165, 1.54) is 6.20 Å². The third kappa shape index (κ3) is 4.27. The number of piperazine rings is 1. The lowest BCUT2D eigenvalue weighted by Gasteiger charge is -2.40. The molecular weight excluding hydrogens is 482 g/mol. The van der Waals surface area contributed by atoms with Gasteiger partial charge < -0.3 is 25.1 Å². The Hall–Kier alpha value is -3.51. The maximum atomic E-state index is 12.7. The summed E-state index contributed by atoms with van der Waals surface area (Å²) in [6.45, 7) is 1.65. The Bertz CT molecular complexity index is 1150. The van der Waals surface area contributed by atoms with E-state index in [1.54, 1.807) is 35.7 Å². The monoisotopic (exact) mass is 501 g/mol. The van der Waals surface area contributed by atoms with Crippen LogP contribution in [0.25, 0.3) is 11.0 Å². The molecule has 166 valence electrons. The van der Waals surface area contributed by atoms with Gasteiger partial charge in [0.2, 0.25) is 0 Å². The molecule has 1 fully saturated rings. The zero-order valence-corrected chi connectivity index (χ0v) is 18.4. The molecule has 0 aromatic carbocycles. The number of rotatable bonds is 6. The van der Waals surface area contributed by atoms with Crippen LogP contribution in [-0.2, 0) is 4.79 Å². The third-order valence-electron chi connectivity index (χ3n) is 5.18. The molecule has 0 spiro atoms. The lowest BCUT2D eigenvalue weighted by atomic mass is 10.2. The van der Waals surface area contributed by atoms with Crippen molar-refractivity contribution in [3.63, 3.8) is 0 Å². The molecule has 32 heavy (non-hydrogen) atoms. The number of aromatic nitrogens is 3. The molecule has 3 aromatic rings. The Labute approximate surface area is 191 Å². The number of fused-ring (bicyclic) bond motifs is 1. The second-order valence-corrected chi connectivity index (χ2v) is 7.90. The summed E-state index contributed by atoms with van der Waals surface area (Å²) in [5.74, 6) is -0.291. The first-order valence-electron chi connectivity index (χ1n) is 9.80. The minimum Gasteiger partial charge on any atom is -0.464 e. The molecule has 0 radical (unpaired) electrons. The Kier molecular flexibility index (Phi) is 6.32. The topological polar surface area (TPSA) is 135 Å². The van der Waals surface area contributed by atoms with E-state index in [1.807, 2.05) is 0 Å². The summed E-state index contributed by atoms with van der Waals surface area (Å²) in [7, 11) is 0. The number of aldehydes is 1. The van der Waals surface area contributed by atoms with Crippen molar-refractivity contribution in [1.29, 1.82) is 0 Å². The van der Waals surface area contributed by atoms with E-state index in [0.717, 1.165) is 20.6 Å². The fourth-order valence-electron chi connectivity index (χ4n) is 3.70. The average Bonchev–Trinajstić information content (AvgIpc) is 3.20. The first-order valence-corrected chi connectivity index (χ1v) is 10.6. The van der Waals surface area contributed by atoms with Gasteiger partial charge in [-0.3, -0.25) is 9.78 Å². The average molecular weight is 502 g/mol. The summed E-state index contributed by atoms with van der Waals surface area (Å²) in [5, 5.41) is 15.7. The van der Waals surface area contributed by atoms with E-state index in [2.05, 4.69) is 41.1 Å². The van der Waals surface area contributed by atoms with Crippen molar-refractivity contribution in [2.24, 2.45) is 0 Å². The maximum absolute atomic E-state index is 12.7. The van der Waals surface area contributed by atoms with Gasteiger partial charge in [0.15, 0.2) is 0 Å². The van der Waals surface area contributed by atoms with E-state index < -0.39 is 6.09 Å². The van der Waals surface area contributed by atoms with Crippen molar-refractivity contribution >= 4 is 56.6 Å². The first-order chi connectivity index (χ1) is 15.5. The molecular formula is C20H20BrN7O4. The van der Waals surface area contributed by atoms with Crippen molar-refractivity contribution in [3.05, 3.63) is 47.0 Å². The SMILES string of the molecule is O=CCN(C(=O)O)N1CCN(c2c(Br)cnc3[nH]cc(NC(=O)c4cccnc4)c23)CC1. The van der Waals surface area contributed by atoms with Gasteiger partial charge in [0, 0.05) is 51.0 Å². The van der Waals surface area contributed by atoms with Gasteiger partial charge in [0.05, 0.1) is 33.3 Å². The van der Waals surface area contributed by atoms with Gasteiger partial charge in [0.25, 0.3) is 5.91 Å². The molecule has 11 nitrogen and oxygen atoms in total. The van der Waals surface area contributed by atoms with Gasteiger partial charge in [0.1, 0.15) is 11.9 Å². The summed E-state index contributed by atoms with van der Waals surface area (Å²) in [6, 6.07) is 3.37. The first kappa shape index (κ1) is 21.7. The summed E-state index contributed by atoms with van der Waals surface area (Å²) in [5.41, 5.74) is 2.46. The van der Waals surface area contributed by atoms with Gasteiger partial charge in [-0.1, -0.05) is 0 Å². The molecule has 12 heteroatoms. The fourth-order valence-corrected chi connectivity index (χ4v) is 4.25. The third-order valence-corrected chi connectivity index (χ3v) is 5.76. The molecule has 1 aliphatic rings. The quantitative estimate of drug-likeness (QED) is 0.437. The molecule has 0 aliphatic carbocycles. The van der Waals surface area contributed by atoms with Gasteiger partial charge in [-0.2, -0.15) is 0 Å². The van der Waals surface area contributed by atoms with Crippen LogP contribution in [0.1, 0.15) is 10.4 Å². The van der Waals surface area contributed by atoms with Gasteiger partial charge in [-0.25, -0.2) is 19.8 Å². The number of hydrazine groups is 1. The molecule has 1 aliphatic heterocycles. The number of carboxylic acid groups (broad SMARTS) is 1. The minimum atomic E-state index is -1.16. The lowest BCUT2D eigenvalue weighted by molar-refractivity contribution is -0.112. The maximum Gasteiger partial charge on any atom is 0.422 e. The molecule has 3 aromatic heterocycles. The second-order valence-electron chi connectivity index (χ2n) is 7.05. The molecule has 2 amide bonds. The van der Waals surface area contributed by atoms with Crippen LogP contribution in [0.2, 0.25) is 0 Å². The number of nitrogens with zero attached hydrogens (tertiary/aromatic N) is 5. The predicted octanol–water partition coefficient (Wildman–Crippen LogP) is 2.19. The molecule has 0 bridgehead atoms. The normalized spacial score (nSPS) is 14.3. The number of halogens is 1. The number of anilines is 2. The minimum absolute atomic E-state index is 0.207. The van der Waals surface area contributed by atoms with Crippen molar-refractivity contribution in [3.8, 4) is 0 Å². The highest BCUT2D eigenvalue weighted by Crippen LogP contribution is 2.38. The molecule has 0 unspecified atom stereocenters. The lowest BCUT2D eigenvalue weighted by Crippen LogP contribution is -2.56. The molecule has 4 heterocycles. The summed E-state index contributed by atoms with van der Waals surface area (Å²) in [4.78, 5) is 48.5. The largest absolute Gasteiger partial charge is 0.464 e. The van der Waals surface area contributed by atoms with E-state index in [0.29, 0.717) is 49.4 Å². The fraction of sp³-hybridized carbons (Fsp3) is 0.250. The van der Waals surface area contributed by atoms with E-state index in [-0.39, 0.29) is 12.5 Å². The molecule has 0 atom stereocenters. The molecule has 0 saturated carbocycles. The number of hydrogen-bond donors (Lipinski definition) is 3. The highest BCUT2D eigenvalue weighted by molar-refractivity contribution is 9.10. The number of H-pyrrole nitrogens is 1. The highest BCUT2D eigenvalue weighted by Gasteiger charge is 2.28. The van der Waals surface area contributed by atoms with Crippen LogP contribution in [-0.4, -0.2) is 81.1 Å². The van der Waals surface area contributed by atoms with Gasteiger partial charge in [-0.05, 0) is 28.1 Å². The highest BCUT2D eigenvalue weighted by atomic mass is 79.9. The molecule has 3 N–H and O–H groups in total. The van der Waals surface area contributed by atoms with Crippen LogP contribution in [0.3, 0.4) is 0 Å². The Morgan fingerprint density at radius 1 is 1.28 bits per heavy atom. The van der Waals surface area contributed by atoms with E-state index in [9.17, 15) is 19.5 Å². The Balaban J connectivity index is 1.60. The Morgan fingerprint density at radius 2 is 2.06 bits per heavy atom. The van der Waals surface area contributed by atoms with E-state index >= 15 is 0 Å². The van der Waals surface area contributed by atoms with Crippen LogP contribution in [0.5, 0.6) is 0 Å². The number of nitrogens with one attached hydrogen (secondary N) is 2. The van der Waals surface area contributed by atoms with Crippen LogP contribution >= 0.6 is 15.9 Å². The standard InChI is InChI=1S/C20H20BrN7O4/c21-14-11-23-18-16(15(12-24-18)25-19(30)13-2-1-3-22-10-13)17(14)26-4-6-27(7-5-26)28(8-9-29)20(31)32/h1-3,9-12H,4-8H2,(H,23,24)(H,25,30)(H,31,32). The number of amides is 2. The van der Waals surface area contributed by atoms with Gasteiger partial charge in [-0.15, -0.1) is 0 Å². The van der Waals surface area contributed by atoms with Crippen molar-refractivity contribution in [2.75, 3.05) is 42.9 Å². The number of aromatic amines is 1. The van der Waals surface area contributed by atoms with Crippen molar-refractivity contribution in [1.82, 2.24) is 25.0 Å². The molecule has 1 saturated heterocycles. The number of carbonyl (C=O) groups excluding carboxylic acids is 2. The molecule has 4 rings (SSSR count). The smallest absolute Gasteiger partial charge is 0.422 e. The van der Waals surface area contributed by atoms with Crippen LogP contribution in [0.15, 0.2) is 41.4 Å². The Morgan fingerprint density at radius 3 is 2.72 bits per heavy atom. The second kappa shape index (κ2) is 9.32. The summed E-state index contributed by atoms with van der Waals surface area (Å²) >= 11 is 3.57. The van der Waals surface area contributed by atoms with Gasteiger partial charge >= 0.3 is 6.09 Å². The predicted molar refractivity (Wildman–Crippen MR) is 121 cm³/mol.